The maximum Gasteiger partial charge on any atom is 0.148 e. The summed E-state index contributed by atoms with van der Waals surface area (Å²) in [5, 5.41) is 7.76. The normalized spacial score (nSPS) is 10.6. The Bertz CT molecular complexity index is 539. The third-order valence-electron chi connectivity index (χ3n) is 2.53. The predicted octanol–water partition coefficient (Wildman–Crippen LogP) is 2.55. The van der Waals surface area contributed by atoms with Gasteiger partial charge in [0, 0.05) is 24.8 Å². The van der Waals surface area contributed by atoms with E-state index in [9.17, 15) is 0 Å². The summed E-state index contributed by atoms with van der Waals surface area (Å²) in [4.78, 5) is 7.98. The molecule has 0 amide bonds. The first-order valence-corrected chi connectivity index (χ1v) is 6.14. The Kier molecular flexibility index (Phi) is 3.63. The molecule has 0 aromatic carbocycles. The average Bonchev–Trinajstić information content (AvgIpc) is 2.62. The minimum atomic E-state index is 0.394. The highest BCUT2D eigenvalue weighted by atomic mass is 79.9. The van der Waals surface area contributed by atoms with Crippen molar-refractivity contribution in [2.45, 2.75) is 13.5 Å². The molecular weight excluding hydrogens is 306 g/mol. The van der Waals surface area contributed by atoms with Crippen LogP contribution in [-0.2, 0) is 13.6 Å². The zero-order valence-corrected chi connectivity index (χ0v) is 11.7. The van der Waals surface area contributed by atoms with Gasteiger partial charge in [-0.2, -0.15) is 5.10 Å². The molecule has 0 atom stereocenters. The van der Waals surface area contributed by atoms with Gasteiger partial charge in [0.05, 0.1) is 10.7 Å². The molecule has 0 aliphatic rings. The van der Waals surface area contributed by atoms with Crippen LogP contribution in [-0.4, -0.2) is 19.7 Å². The van der Waals surface area contributed by atoms with Crippen molar-refractivity contribution in [3.05, 3.63) is 33.4 Å². The molecule has 0 unspecified atom stereocenters. The lowest BCUT2D eigenvalue weighted by Crippen LogP contribution is -2.04. The molecule has 0 aliphatic heterocycles. The van der Waals surface area contributed by atoms with E-state index >= 15 is 0 Å². The molecular formula is C10H11BrClN5. The number of rotatable bonds is 3. The van der Waals surface area contributed by atoms with Crippen molar-refractivity contribution in [3.63, 3.8) is 0 Å². The third kappa shape index (κ3) is 2.58. The van der Waals surface area contributed by atoms with Gasteiger partial charge in [-0.15, -0.1) is 0 Å². The Hall–Kier alpha value is -1.14. The van der Waals surface area contributed by atoms with Crippen LogP contribution in [0.4, 0.5) is 5.82 Å². The average molecular weight is 317 g/mol. The molecule has 0 fully saturated rings. The highest BCUT2D eigenvalue weighted by Crippen LogP contribution is 2.26. The van der Waals surface area contributed by atoms with Crippen molar-refractivity contribution in [2.24, 2.45) is 7.05 Å². The number of halogens is 2. The van der Waals surface area contributed by atoms with Crippen molar-refractivity contribution in [3.8, 4) is 0 Å². The summed E-state index contributed by atoms with van der Waals surface area (Å²) < 4.78 is 2.50. The number of nitrogens with zero attached hydrogens (tertiary/aromatic N) is 4. The Morgan fingerprint density at radius 1 is 1.47 bits per heavy atom. The van der Waals surface area contributed by atoms with Crippen molar-refractivity contribution in [1.82, 2.24) is 19.7 Å². The first kappa shape index (κ1) is 12.3. The molecule has 1 N–H and O–H groups in total. The van der Waals surface area contributed by atoms with Gasteiger partial charge in [-0.1, -0.05) is 11.6 Å². The zero-order chi connectivity index (χ0) is 12.4. The fraction of sp³-hybridized carbons (Fsp3) is 0.300. The molecule has 2 rings (SSSR count). The molecule has 2 aromatic heterocycles. The number of nitrogens with one attached hydrogen (secondary N) is 1. The summed E-state index contributed by atoms with van der Waals surface area (Å²) in [5.74, 6) is 0.674. The molecule has 17 heavy (non-hydrogen) atoms. The SMILES string of the molecule is Cc1c(CNc2ncnc(Cl)c2Br)cnn1C. The fourth-order valence-corrected chi connectivity index (χ4v) is 1.85. The van der Waals surface area contributed by atoms with Crippen LogP contribution in [0.2, 0.25) is 5.15 Å². The lowest BCUT2D eigenvalue weighted by atomic mass is 10.2. The van der Waals surface area contributed by atoms with Crippen LogP contribution in [0.3, 0.4) is 0 Å². The zero-order valence-electron chi connectivity index (χ0n) is 9.41. The largest absolute Gasteiger partial charge is 0.365 e. The van der Waals surface area contributed by atoms with Crippen LogP contribution in [0, 0.1) is 6.92 Å². The number of hydrogen-bond acceptors (Lipinski definition) is 4. The minimum Gasteiger partial charge on any atom is -0.365 e. The predicted molar refractivity (Wildman–Crippen MR) is 70.0 cm³/mol. The van der Waals surface area contributed by atoms with Crippen LogP contribution >= 0.6 is 27.5 Å². The van der Waals surface area contributed by atoms with Gasteiger partial charge >= 0.3 is 0 Å². The second-order valence-electron chi connectivity index (χ2n) is 3.56. The van der Waals surface area contributed by atoms with Crippen molar-refractivity contribution in [1.29, 1.82) is 0 Å². The van der Waals surface area contributed by atoms with Gasteiger partial charge in [-0.05, 0) is 22.9 Å². The summed E-state index contributed by atoms with van der Waals surface area (Å²) in [6, 6.07) is 0. The van der Waals surface area contributed by atoms with E-state index in [1.807, 2.05) is 24.9 Å². The van der Waals surface area contributed by atoms with E-state index in [1.54, 1.807) is 0 Å². The third-order valence-corrected chi connectivity index (χ3v) is 3.80. The van der Waals surface area contributed by atoms with E-state index < -0.39 is 0 Å². The molecule has 0 saturated heterocycles. The van der Waals surface area contributed by atoms with Crippen molar-refractivity contribution >= 4 is 33.3 Å². The molecule has 90 valence electrons. The summed E-state index contributed by atoms with van der Waals surface area (Å²) in [6.07, 6.45) is 3.25. The Morgan fingerprint density at radius 2 is 2.24 bits per heavy atom. The monoisotopic (exact) mass is 315 g/mol. The molecule has 0 aliphatic carbocycles. The van der Waals surface area contributed by atoms with Gasteiger partial charge in [-0.3, -0.25) is 4.68 Å². The van der Waals surface area contributed by atoms with Gasteiger partial charge in [0.1, 0.15) is 17.3 Å². The van der Waals surface area contributed by atoms with E-state index in [2.05, 4.69) is 36.3 Å². The van der Waals surface area contributed by atoms with Crippen LogP contribution < -0.4 is 5.32 Å². The van der Waals surface area contributed by atoms with Crippen molar-refractivity contribution < 1.29 is 0 Å². The number of hydrogen-bond donors (Lipinski definition) is 1. The highest BCUT2D eigenvalue weighted by Gasteiger charge is 2.08. The lowest BCUT2D eigenvalue weighted by Gasteiger charge is -2.07. The summed E-state index contributed by atoms with van der Waals surface area (Å²) in [7, 11) is 1.91. The quantitative estimate of drug-likeness (QED) is 0.884. The molecule has 2 aromatic rings. The van der Waals surface area contributed by atoms with Gasteiger partial charge in [0.2, 0.25) is 0 Å². The van der Waals surface area contributed by atoms with Crippen LogP contribution in [0.5, 0.6) is 0 Å². The van der Waals surface area contributed by atoms with Crippen molar-refractivity contribution in [2.75, 3.05) is 5.32 Å². The second-order valence-corrected chi connectivity index (χ2v) is 4.71. The number of aryl methyl sites for hydroxylation is 1. The first-order chi connectivity index (χ1) is 8.09. The highest BCUT2D eigenvalue weighted by molar-refractivity contribution is 9.10. The smallest absolute Gasteiger partial charge is 0.148 e. The maximum atomic E-state index is 5.88. The Balaban J connectivity index is 2.13. The maximum absolute atomic E-state index is 5.88. The van der Waals surface area contributed by atoms with Gasteiger partial charge < -0.3 is 5.32 Å². The standard InChI is InChI=1S/C10H11BrClN5/c1-6-7(4-16-17(6)2)3-13-10-8(11)9(12)14-5-15-10/h4-5H,3H2,1-2H3,(H,13,14,15). The Morgan fingerprint density at radius 3 is 2.88 bits per heavy atom. The minimum absolute atomic E-state index is 0.394. The molecule has 0 spiro atoms. The second kappa shape index (κ2) is 5.01. The molecule has 5 nitrogen and oxygen atoms in total. The van der Waals surface area contributed by atoms with Crippen LogP contribution in [0.1, 0.15) is 11.3 Å². The molecule has 2 heterocycles. The summed E-state index contributed by atoms with van der Waals surface area (Å²) in [6.45, 7) is 2.66. The van der Waals surface area contributed by atoms with E-state index in [4.69, 9.17) is 11.6 Å². The lowest BCUT2D eigenvalue weighted by molar-refractivity contribution is 0.738. The van der Waals surface area contributed by atoms with Crippen LogP contribution in [0.25, 0.3) is 0 Å². The molecule has 7 heteroatoms. The van der Waals surface area contributed by atoms with E-state index in [1.165, 1.54) is 6.33 Å². The number of aromatic nitrogens is 4. The summed E-state index contributed by atoms with van der Waals surface area (Å²) >= 11 is 9.21. The first-order valence-electron chi connectivity index (χ1n) is 4.97. The van der Waals surface area contributed by atoms with E-state index in [0.29, 0.717) is 22.0 Å². The van der Waals surface area contributed by atoms with Gasteiger partial charge in [0.25, 0.3) is 0 Å². The van der Waals surface area contributed by atoms with E-state index in [0.717, 1.165) is 11.3 Å². The van der Waals surface area contributed by atoms with E-state index in [-0.39, 0.29) is 0 Å². The fourth-order valence-electron chi connectivity index (χ4n) is 1.37. The van der Waals surface area contributed by atoms with Crippen LogP contribution in [0.15, 0.2) is 17.0 Å². The van der Waals surface area contributed by atoms with Gasteiger partial charge in [-0.25, -0.2) is 9.97 Å². The van der Waals surface area contributed by atoms with Gasteiger partial charge in [0.15, 0.2) is 0 Å². The molecule has 0 bridgehead atoms. The summed E-state index contributed by atoms with van der Waals surface area (Å²) in [5.41, 5.74) is 2.24. The molecule has 0 radical (unpaired) electrons. The Labute approximate surface area is 112 Å². The molecule has 0 saturated carbocycles. The topological polar surface area (TPSA) is 55.6 Å². The number of anilines is 1.